The molecule has 1 fully saturated rings. The van der Waals surface area contributed by atoms with E-state index >= 15 is 0 Å². The van der Waals surface area contributed by atoms with Gasteiger partial charge >= 0.3 is 12.0 Å². The molecule has 0 aliphatic heterocycles. The topological polar surface area (TPSA) is 78.4 Å². The van der Waals surface area contributed by atoms with E-state index in [0.717, 1.165) is 12.8 Å². The fourth-order valence-corrected chi connectivity index (χ4v) is 2.55. The van der Waals surface area contributed by atoms with Crippen LogP contribution in [-0.4, -0.2) is 23.1 Å². The molecule has 5 nitrogen and oxygen atoms in total. The molecule has 1 unspecified atom stereocenters. The second kappa shape index (κ2) is 6.38. The van der Waals surface area contributed by atoms with Crippen LogP contribution in [-0.2, 0) is 4.79 Å². The molecule has 1 aromatic rings. The van der Waals surface area contributed by atoms with Crippen LogP contribution in [0.3, 0.4) is 0 Å². The van der Waals surface area contributed by atoms with Gasteiger partial charge in [-0.3, -0.25) is 4.79 Å². The summed E-state index contributed by atoms with van der Waals surface area (Å²) in [6, 6.07) is 3.22. The highest BCUT2D eigenvalue weighted by Crippen LogP contribution is 2.34. The predicted molar refractivity (Wildman–Crippen MR) is 80.0 cm³/mol. The highest BCUT2D eigenvalue weighted by atomic mass is 127. The van der Waals surface area contributed by atoms with Crippen LogP contribution < -0.4 is 10.6 Å². The van der Waals surface area contributed by atoms with Gasteiger partial charge in [0.05, 0.1) is 12.1 Å². The maximum Gasteiger partial charge on any atom is 0.319 e. The van der Waals surface area contributed by atoms with Crippen molar-refractivity contribution in [3.05, 3.63) is 27.6 Å². The van der Waals surface area contributed by atoms with Gasteiger partial charge in [0.2, 0.25) is 0 Å². The first-order chi connectivity index (χ1) is 9.45. The molecule has 0 heterocycles. The van der Waals surface area contributed by atoms with Crippen LogP contribution in [0.5, 0.6) is 0 Å². The number of benzene rings is 1. The van der Waals surface area contributed by atoms with Gasteiger partial charge in [0.15, 0.2) is 0 Å². The van der Waals surface area contributed by atoms with Crippen LogP contribution in [0.15, 0.2) is 18.2 Å². The molecule has 0 aromatic heterocycles. The minimum Gasteiger partial charge on any atom is -0.481 e. The zero-order valence-electron chi connectivity index (χ0n) is 10.5. The van der Waals surface area contributed by atoms with Crippen LogP contribution in [0.2, 0.25) is 0 Å². The lowest BCUT2D eigenvalue weighted by Crippen LogP contribution is -2.40. The van der Waals surface area contributed by atoms with E-state index in [1.807, 2.05) is 22.6 Å². The number of halogens is 2. The molecular formula is C13H14FIN2O3. The van der Waals surface area contributed by atoms with E-state index in [4.69, 9.17) is 5.11 Å². The SMILES string of the molecule is O=C(O)CC(NC(=O)Nc1ccc(F)cc1I)C1CC1. The molecule has 3 N–H and O–H groups in total. The number of anilines is 1. The predicted octanol–water partition coefficient (Wildman–Crippen LogP) is 2.81. The Kier molecular flexibility index (Phi) is 4.79. The van der Waals surface area contributed by atoms with Gasteiger partial charge in [0.1, 0.15) is 5.82 Å². The summed E-state index contributed by atoms with van der Waals surface area (Å²) in [4.78, 5) is 22.6. The average molecular weight is 392 g/mol. The van der Waals surface area contributed by atoms with E-state index < -0.39 is 12.0 Å². The monoisotopic (exact) mass is 392 g/mol. The fourth-order valence-electron chi connectivity index (χ4n) is 1.94. The number of urea groups is 1. The Labute approximate surface area is 129 Å². The van der Waals surface area contributed by atoms with Crippen LogP contribution in [0.1, 0.15) is 19.3 Å². The minimum atomic E-state index is -0.932. The Bertz CT molecular complexity index is 534. The Hall–Kier alpha value is -1.38. The van der Waals surface area contributed by atoms with Crippen molar-refractivity contribution < 1.29 is 19.1 Å². The first-order valence-corrected chi connectivity index (χ1v) is 7.28. The first kappa shape index (κ1) is 15.0. The molecule has 0 radical (unpaired) electrons. The van der Waals surface area contributed by atoms with Crippen molar-refractivity contribution in [1.82, 2.24) is 5.32 Å². The second-order valence-corrected chi connectivity index (χ2v) is 5.93. The number of aliphatic carboxylic acids is 1. The minimum absolute atomic E-state index is 0.0847. The summed E-state index contributed by atoms with van der Waals surface area (Å²) in [6.45, 7) is 0. The summed E-state index contributed by atoms with van der Waals surface area (Å²) < 4.78 is 13.5. The number of nitrogens with one attached hydrogen (secondary N) is 2. The van der Waals surface area contributed by atoms with Gasteiger partial charge in [0, 0.05) is 9.61 Å². The van der Waals surface area contributed by atoms with Crippen LogP contribution >= 0.6 is 22.6 Å². The standard InChI is InChI=1S/C13H14FIN2O3/c14-8-3-4-10(9(15)5-8)16-13(20)17-11(6-12(18)19)7-1-2-7/h3-5,7,11H,1-2,6H2,(H,18,19)(H2,16,17,20). The van der Waals surface area contributed by atoms with Crippen molar-refractivity contribution in [2.45, 2.75) is 25.3 Å². The highest BCUT2D eigenvalue weighted by Gasteiger charge is 2.33. The summed E-state index contributed by atoms with van der Waals surface area (Å²) in [5.41, 5.74) is 0.495. The van der Waals surface area contributed by atoms with Crippen LogP contribution in [0, 0.1) is 15.3 Å². The normalized spacial score (nSPS) is 15.5. The number of amides is 2. The van der Waals surface area contributed by atoms with Crippen LogP contribution in [0.4, 0.5) is 14.9 Å². The number of hydrogen-bond acceptors (Lipinski definition) is 2. The molecule has 0 saturated heterocycles. The third-order valence-electron chi connectivity index (χ3n) is 3.08. The molecule has 20 heavy (non-hydrogen) atoms. The number of carboxylic acids is 1. The van der Waals surface area contributed by atoms with E-state index in [0.29, 0.717) is 9.26 Å². The smallest absolute Gasteiger partial charge is 0.319 e. The summed E-state index contributed by atoms with van der Waals surface area (Å²) in [5, 5.41) is 14.1. The number of carboxylic acid groups (broad SMARTS) is 1. The van der Waals surface area contributed by atoms with E-state index in [1.54, 1.807) is 0 Å². The lowest BCUT2D eigenvalue weighted by Gasteiger charge is -2.17. The van der Waals surface area contributed by atoms with Gasteiger partial charge in [-0.25, -0.2) is 9.18 Å². The van der Waals surface area contributed by atoms with Crippen molar-refractivity contribution in [2.24, 2.45) is 5.92 Å². The molecule has 1 aliphatic rings. The molecule has 108 valence electrons. The number of carbonyl (C=O) groups is 2. The van der Waals surface area contributed by atoms with Crippen molar-refractivity contribution >= 4 is 40.3 Å². The summed E-state index contributed by atoms with van der Waals surface area (Å²) in [5.74, 6) is -1.07. The Morgan fingerprint density at radius 3 is 2.70 bits per heavy atom. The first-order valence-electron chi connectivity index (χ1n) is 6.20. The van der Waals surface area contributed by atoms with Gasteiger partial charge in [-0.2, -0.15) is 0 Å². The van der Waals surface area contributed by atoms with E-state index in [9.17, 15) is 14.0 Å². The van der Waals surface area contributed by atoms with Gasteiger partial charge in [0.25, 0.3) is 0 Å². The molecule has 7 heteroatoms. The van der Waals surface area contributed by atoms with E-state index in [2.05, 4.69) is 10.6 Å². The maximum absolute atomic E-state index is 13.0. The third-order valence-corrected chi connectivity index (χ3v) is 3.97. The molecule has 2 amide bonds. The number of rotatable bonds is 5. The molecule has 1 aliphatic carbocycles. The summed E-state index contributed by atoms with van der Waals surface area (Å²) in [6.07, 6.45) is 1.79. The van der Waals surface area contributed by atoms with Crippen molar-refractivity contribution in [2.75, 3.05) is 5.32 Å². The van der Waals surface area contributed by atoms with Gasteiger partial charge in [-0.1, -0.05) is 0 Å². The zero-order chi connectivity index (χ0) is 14.7. The molecular weight excluding hydrogens is 378 g/mol. The highest BCUT2D eigenvalue weighted by molar-refractivity contribution is 14.1. The summed E-state index contributed by atoms with van der Waals surface area (Å²) >= 11 is 1.92. The van der Waals surface area contributed by atoms with Crippen molar-refractivity contribution in [1.29, 1.82) is 0 Å². The molecule has 1 saturated carbocycles. The molecule has 1 atom stereocenters. The average Bonchev–Trinajstić information content (AvgIpc) is 3.15. The Morgan fingerprint density at radius 1 is 1.45 bits per heavy atom. The lowest BCUT2D eigenvalue weighted by molar-refractivity contribution is -0.137. The van der Waals surface area contributed by atoms with Gasteiger partial charge in [-0.05, 0) is 59.5 Å². The largest absolute Gasteiger partial charge is 0.481 e. The Balaban J connectivity index is 1.95. The Morgan fingerprint density at radius 2 is 2.15 bits per heavy atom. The van der Waals surface area contributed by atoms with Crippen LogP contribution in [0.25, 0.3) is 0 Å². The number of carbonyl (C=O) groups excluding carboxylic acids is 1. The zero-order valence-corrected chi connectivity index (χ0v) is 12.7. The number of hydrogen-bond donors (Lipinski definition) is 3. The molecule has 0 spiro atoms. The van der Waals surface area contributed by atoms with E-state index in [1.165, 1.54) is 18.2 Å². The molecule has 1 aromatic carbocycles. The maximum atomic E-state index is 13.0. The third kappa shape index (κ3) is 4.32. The van der Waals surface area contributed by atoms with Crippen molar-refractivity contribution in [3.8, 4) is 0 Å². The van der Waals surface area contributed by atoms with Crippen molar-refractivity contribution in [3.63, 3.8) is 0 Å². The molecule has 0 bridgehead atoms. The molecule has 2 rings (SSSR count). The second-order valence-electron chi connectivity index (χ2n) is 4.76. The van der Waals surface area contributed by atoms with E-state index in [-0.39, 0.29) is 24.2 Å². The quantitative estimate of drug-likeness (QED) is 0.675. The van der Waals surface area contributed by atoms with Gasteiger partial charge in [-0.15, -0.1) is 0 Å². The summed E-state index contributed by atoms with van der Waals surface area (Å²) in [7, 11) is 0. The lowest BCUT2D eigenvalue weighted by atomic mass is 10.1. The van der Waals surface area contributed by atoms with Gasteiger partial charge < -0.3 is 15.7 Å². The fraction of sp³-hybridized carbons (Fsp3) is 0.385.